The number of morpholine rings is 1. The maximum absolute atomic E-state index is 13.4. The summed E-state index contributed by atoms with van der Waals surface area (Å²) in [5.74, 6) is -0.231. The molecule has 2 N–H and O–H groups in total. The van der Waals surface area contributed by atoms with Gasteiger partial charge in [-0.1, -0.05) is 0 Å². The van der Waals surface area contributed by atoms with Crippen LogP contribution in [0, 0.1) is 5.82 Å². The number of anilines is 1. The highest BCUT2D eigenvalue weighted by atomic mass is 19.1. The first-order valence-electron chi connectivity index (χ1n) is 6.92. The van der Waals surface area contributed by atoms with Crippen LogP contribution in [0.25, 0.3) is 0 Å². The number of nitrogens with one attached hydrogen (secondary N) is 1. The number of hydrogen-bond acceptors (Lipinski definition) is 4. The Morgan fingerprint density at radius 1 is 1.50 bits per heavy atom. The minimum absolute atomic E-state index is 0.0114. The van der Waals surface area contributed by atoms with Crippen LogP contribution in [0.4, 0.5) is 10.1 Å². The van der Waals surface area contributed by atoms with Crippen LogP contribution in [0.2, 0.25) is 0 Å². The minimum Gasteiger partial charge on any atom is -0.394 e. The Bertz CT molecular complexity index is 465. The third-order valence-corrected chi connectivity index (χ3v) is 3.43. The zero-order valence-electron chi connectivity index (χ0n) is 12.3. The van der Waals surface area contributed by atoms with E-state index in [1.54, 1.807) is 12.1 Å². The molecule has 0 aromatic heterocycles. The fourth-order valence-electron chi connectivity index (χ4n) is 2.77. The Balaban J connectivity index is 2.29. The average Bonchev–Trinajstić information content (AvgIpc) is 2.37. The second kappa shape index (κ2) is 6.08. The topological polar surface area (TPSA) is 44.7 Å². The van der Waals surface area contributed by atoms with Crippen LogP contribution in [0.15, 0.2) is 18.2 Å². The predicted octanol–water partition coefficient (Wildman–Crippen LogP) is 1.52. The van der Waals surface area contributed by atoms with Gasteiger partial charge < -0.3 is 20.1 Å². The summed E-state index contributed by atoms with van der Waals surface area (Å²) >= 11 is 0. The molecule has 4 nitrogen and oxygen atoms in total. The van der Waals surface area contributed by atoms with E-state index >= 15 is 0 Å². The molecule has 0 amide bonds. The van der Waals surface area contributed by atoms with E-state index in [1.165, 1.54) is 6.07 Å². The van der Waals surface area contributed by atoms with E-state index in [2.05, 4.69) is 10.2 Å². The van der Waals surface area contributed by atoms with E-state index in [1.807, 2.05) is 20.9 Å². The molecule has 0 saturated carbocycles. The monoisotopic (exact) mass is 282 g/mol. The molecule has 5 heteroatoms. The van der Waals surface area contributed by atoms with E-state index < -0.39 is 0 Å². The summed E-state index contributed by atoms with van der Waals surface area (Å²) in [5.41, 5.74) is 1.58. The van der Waals surface area contributed by atoms with Crippen molar-refractivity contribution in [1.82, 2.24) is 5.32 Å². The summed E-state index contributed by atoms with van der Waals surface area (Å²) in [4.78, 5) is 2.16. The number of aliphatic hydroxyl groups excluding tert-OH is 1. The van der Waals surface area contributed by atoms with Gasteiger partial charge in [0.2, 0.25) is 0 Å². The van der Waals surface area contributed by atoms with Crippen LogP contribution in [0.3, 0.4) is 0 Å². The quantitative estimate of drug-likeness (QED) is 0.879. The lowest BCUT2D eigenvalue weighted by atomic mass is 10.0. The Hall–Kier alpha value is -1.17. The summed E-state index contributed by atoms with van der Waals surface area (Å²) in [6, 6.07) is 4.84. The molecule has 0 bridgehead atoms. The van der Waals surface area contributed by atoms with Crippen molar-refractivity contribution in [3.8, 4) is 0 Å². The maximum Gasteiger partial charge on any atom is 0.123 e. The highest BCUT2D eigenvalue weighted by molar-refractivity contribution is 5.54. The largest absolute Gasteiger partial charge is 0.394 e. The van der Waals surface area contributed by atoms with Gasteiger partial charge in [0.1, 0.15) is 5.82 Å². The van der Waals surface area contributed by atoms with Gasteiger partial charge in [0, 0.05) is 25.3 Å². The number of nitrogens with zero attached hydrogens (tertiary/aromatic N) is 1. The van der Waals surface area contributed by atoms with Gasteiger partial charge in [-0.3, -0.25) is 0 Å². The van der Waals surface area contributed by atoms with E-state index in [9.17, 15) is 9.50 Å². The highest BCUT2D eigenvalue weighted by Gasteiger charge is 2.33. The molecule has 0 radical (unpaired) electrons. The summed E-state index contributed by atoms with van der Waals surface area (Å²) in [7, 11) is 1.84. The standard InChI is InChI=1S/C15H23FN2O2/c1-15(2)10-18(8-13(9-19)20-15)14-5-4-12(16)6-11(14)7-17-3/h4-6,13,17,19H,7-10H2,1-3H3. The molecule has 112 valence electrons. The van der Waals surface area contributed by atoms with Gasteiger partial charge >= 0.3 is 0 Å². The maximum atomic E-state index is 13.4. The van der Waals surface area contributed by atoms with Gasteiger partial charge in [0.15, 0.2) is 0 Å². The van der Waals surface area contributed by atoms with Gasteiger partial charge in [-0.15, -0.1) is 0 Å². The van der Waals surface area contributed by atoms with Gasteiger partial charge in [-0.05, 0) is 44.7 Å². The molecule has 1 heterocycles. The smallest absolute Gasteiger partial charge is 0.123 e. The van der Waals surface area contributed by atoms with Crippen molar-refractivity contribution in [2.24, 2.45) is 0 Å². The van der Waals surface area contributed by atoms with E-state index in [0.717, 1.165) is 11.3 Å². The van der Waals surface area contributed by atoms with Crippen LogP contribution >= 0.6 is 0 Å². The van der Waals surface area contributed by atoms with Crippen LogP contribution in [-0.4, -0.2) is 43.6 Å². The first kappa shape index (κ1) is 15.2. The first-order valence-corrected chi connectivity index (χ1v) is 6.92. The summed E-state index contributed by atoms with van der Waals surface area (Å²) < 4.78 is 19.2. The molecule has 1 atom stereocenters. The van der Waals surface area contributed by atoms with Crippen molar-refractivity contribution in [2.75, 3.05) is 31.6 Å². The fourth-order valence-corrected chi connectivity index (χ4v) is 2.77. The second-order valence-corrected chi connectivity index (χ2v) is 5.87. The Labute approximate surface area is 119 Å². The lowest BCUT2D eigenvalue weighted by molar-refractivity contribution is -0.101. The number of halogens is 1. The highest BCUT2D eigenvalue weighted by Crippen LogP contribution is 2.29. The summed E-state index contributed by atoms with van der Waals surface area (Å²) in [6.45, 7) is 5.93. The fraction of sp³-hybridized carbons (Fsp3) is 0.600. The molecule has 0 aliphatic carbocycles. The number of aliphatic hydroxyl groups is 1. The van der Waals surface area contributed by atoms with Crippen molar-refractivity contribution in [2.45, 2.75) is 32.1 Å². The molecular weight excluding hydrogens is 259 g/mol. The summed E-state index contributed by atoms with van der Waals surface area (Å²) in [6.07, 6.45) is -0.216. The third-order valence-electron chi connectivity index (χ3n) is 3.43. The van der Waals surface area contributed by atoms with E-state index in [4.69, 9.17) is 4.74 Å². The molecule has 20 heavy (non-hydrogen) atoms. The SMILES string of the molecule is CNCc1cc(F)ccc1N1CC(CO)OC(C)(C)C1. The van der Waals surface area contributed by atoms with Crippen LogP contribution < -0.4 is 10.2 Å². The molecule has 1 aliphatic rings. The van der Waals surface area contributed by atoms with Crippen LogP contribution in [-0.2, 0) is 11.3 Å². The predicted molar refractivity (Wildman–Crippen MR) is 77.4 cm³/mol. The number of hydrogen-bond donors (Lipinski definition) is 2. The normalized spacial score (nSPS) is 22.1. The Morgan fingerprint density at radius 2 is 2.25 bits per heavy atom. The Kier molecular flexibility index (Phi) is 4.62. The first-order chi connectivity index (χ1) is 9.45. The van der Waals surface area contributed by atoms with Gasteiger partial charge in [0.05, 0.1) is 18.3 Å². The lowest BCUT2D eigenvalue weighted by Crippen LogP contribution is -2.54. The molecule has 0 spiro atoms. The van der Waals surface area contributed by atoms with Crippen molar-refractivity contribution in [3.63, 3.8) is 0 Å². The van der Waals surface area contributed by atoms with Crippen molar-refractivity contribution >= 4 is 5.69 Å². The van der Waals surface area contributed by atoms with Gasteiger partial charge in [-0.2, -0.15) is 0 Å². The second-order valence-electron chi connectivity index (χ2n) is 5.87. The molecule has 1 saturated heterocycles. The van der Waals surface area contributed by atoms with Crippen molar-refractivity contribution in [3.05, 3.63) is 29.6 Å². The average molecular weight is 282 g/mol. The van der Waals surface area contributed by atoms with Crippen molar-refractivity contribution in [1.29, 1.82) is 0 Å². The van der Waals surface area contributed by atoms with Gasteiger partial charge in [0.25, 0.3) is 0 Å². The molecule has 1 aromatic rings. The molecule has 1 aromatic carbocycles. The zero-order valence-corrected chi connectivity index (χ0v) is 12.3. The van der Waals surface area contributed by atoms with E-state index in [-0.39, 0.29) is 24.1 Å². The van der Waals surface area contributed by atoms with Crippen LogP contribution in [0.5, 0.6) is 0 Å². The van der Waals surface area contributed by atoms with Crippen LogP contribution in [0.1, 0.15) is 19.4 Å². The van der Waals surface area contributed by atoms with E-state index in [0.29, 0.717) is 19.6 Å². The lowest BCUT2D eigenvalue weighted by Gasteiger charge is -2.44. The number of ether oxygens (including phenoxy) is 1. The molecule has 2 rings (SSSR count). The Morgan fingerprint density at radius 3 is 2.90 bits per heavy atom. The van der Waals surface area contributed by atoms with Gasteiger partial charge in [-0.25, -0.2) is 4.39 Å². The summed E-state index contributed by atoms with van der Waals surface area (Å²) in [5, 5.41) is 12.4. The van der Waals surface area contributed by atoms with Crippen molar-refractivity contribution < 1.29 is 14.2 Å². The molecular formula is C15H23FN2O2. The zero-order chi connectivity index (χ0) is 14.8. The number of rotatable bonds is 4. The molecule has 1 unspecified atom stereocenters. The molecule has 1 aliphatic heterocycles. The third kappa shape index (κ3) is 3.48. The molecule has 1 fully saturated rings. The minimum atomic E-state index is -0.336. The number of benzene rings is 1.